The van der Waals surface area contributed by atoms with E-state index < -0.39 is 12.0 Å². The van der Waals surface area contributed by atoms with Crippen LogP contribution >= 0.6 is 0 Å². The van der Waals surface area contributed by atoms with Gasteiger partial charge in [0.2, 0.25) is 12.7 Å². The van der Waals surface area contributed by atoms with Gasteiger partial charge in [-0.1, -0.05) is 19.4 Å². The zero-order valence-electron chi connectivity index (χ0n) is 17.6. The van der Waals surface area contributed by atoms with Crippen LogP contribution in [0.15, 0.2) is 42.0 Å². The number of fused-ring (bicyclic) bond motifs is 2. The van der Waals surface area contributed by atoms with Crippen molar-refractivity contribution in [3.63, 3.8) is 0 Å². The molecule has 2 N–H and O–H groups in total. The van der Waals surface area contributed by atoms with Crippen LogP contribution in [0, 0.1) is 0 Å². The van der Waals surface area contributed by atoms with Gasteiger partial charge in [0, 0.05) is 11.1 Å². The number of ether oxygens (including phenoxy) is 4. The van der Waals surface area contributed by atoms with Crippen molar-refractivity contribution in [1.29, 1.82) is 0 Å². The largest absolute Gasteiger partial charge is 0.491 e. The topological polar surface area (TPSA) is 80.0 Å². The van der Waals surface area contributed by atoms with Gasteiger partial charge in [0.1, 0.15) is 11.5 Å². The molecule has 0 saturated heterocycles. The van der Waals surface area contributed by atoms with E-state index in [4.69, 9.17) is 24.7 Å². The third kappa shape index (κ3) is 3.82. The van der Waals surface area contributed by atoms with Crippen LogP contribution in [-0.4, -0.2) is 18.8 Å². The Morgan fingerprint density at radius 2 is 1.90 bits per heavy atom. The van der Waals surface area contributed by atoms with E-state index in [0.29, 0.717) is 22.8 Å². The third-order valence-electron chi connectivity index (χ3n) is 5.23. The van der Waals surface area contributed by atoms with Gasteiger partial charge in [0.15, 0.2) is 17.6 Å². The van der Waals surface area contributed by atoms with Crippen molar-refractivity contribution >= 4 is 11.5 Å². The summed E-state index contributed by atoms with van der Waals surface area (Å²) < 4.78 is 23.1. The average molecular weight is 409 g/mol. The fraction of sp³-hybridized carbons (Fsp3) is 0.375. The maximum atomic E-state index is 12.6. The van der Waals surface area contributed by atoms with Gasteiger partial charge >= 0.3 is 0 Å². The quantitative estimate of drug-likeness (QED) is 0.713. The lowest BCUT2D eigenvalue weighted by Crippen LogP contribution is -2.27. The molecule has 0 fully saturated rings. The van der Waals surface area contributed by atoms with E-state index in [9.17, 15) is 4.79 Å². The number of carbonyl (C=O) groups excluding carboxylic acids is 1. The number of nitrogens with two attached hydrogens (primary N) is 1. The Morgan fingerprint density at radius 1 is 1.13 bits per heavy atom. The van der Waals surface area contributed by atoms with Gasteiger partial charge in [0.25, 0.3) is 0 Å². The molecule has 30 heavy (non-hydrogen) atoms. The summed E-state index contributed by atoms with van der Waals surface area (Å²) in [7, 11) is 0. The van der Waals surface area contributed by atoms with Crippen LogP contribution in [0.5, 0.6) is 23.0 Å². The maximum Gasteiger partial charge on any atom is 0.249 e. The molecule has 1 unspecified atom stereocenters. The highest BCUT2D eigenvalue weighted by molar-refractivity contribution is 6.03. The van der Waals surface area contributed by atoms with Crippen molar-refractivity contribution in [2.45, 2.75) is 52.2 Å². The highest BCUT2D eigenvalue weighted by Gasteiger charge is 2.34. The van der Waals surface area contributed by atoms with Crippen molar-refractivity contribution in [3.8, 4) is 23.0 Å². The summed E-state index contributed by atoms with van der Waals surface area (Å²) in [6.07, 6.45) is 2.12. The van der Waals surface area contributed by atoms with Crippen molar-refractivity contribution in [1.82, 2.24) is 0 Å². The van der Waals surface area contributed by atoms with Gasteiger partial charge in [-0.3, -0.25) is 4.79 Å². The number of benzene rings is 2. The molecule has 0 bridgehead atoms. The lowest BCUT2D eigenvalue weighted by Gasteiger charge is -2.31. The number of carbonyl (C=O) groups is 1. The second kappa shape index (κ2) is 8.30. The molecule has 158 valence electrons. The monoisotopic (exact) mass is 409 g/mol. The lowest BCUT2D eigenvalue weighted by molar-refractivity contribution is -0.115. The van der Waals surface area contributed by atoms with E-state index in [2.05, 4.69) is 6.92 Å². The average Bonchev–Trinajstić information content (AvgIpc) is 3.18. The van der Waals surface area contributed by atoms with Crippen LogP contribution in [0.2, 0.25) is 0 Å². The van der Waals surface area contributed by atoms with E-state index in [1.165, 1.54) is 0 Å². The van der Waals surface area contributed by atoms with E-state index in [1.54, 1.807) is 0 Å². The first-order valence-corrected chi connectivity index (χ1v) is 10.4. The lowest BCUT2D eigenvalue weighted by atomic mass is 9.86. The summed E-state index contributed by atoms with van der Waals surface area (Å²) in [6.45, 7) is 6.27. The second-order valence-corrected chi connectivity index (χ2v) is 7.80. The number of hydrogen-bond donors (Lipinski definition) is 1. The van der Waals surface area contributed by atoms with Gasteiger partial charge in [-0.2, -0.15) is 0 Å². The molecule has 2 aromatic rings. The number of amides is 1. The third-order valence-corrected chi connectivity index (χ3v) is 5.23. The molecular weight excluding hydrogens is 382 g/mol. The molecule has 2 aliphatic heterocycles. The zero-order chi connectivity index (χ0) is 21.3. The first-order valence-electron chi connectivity index (χ1n) is 10.4. The Bertz CT molecular complexity index is 995. The van der Waals surface area contributed by atoms with Crippen molar-refractivity contribution in [3.05, 3.63) is 53.1 Å². The van der Waals surface area contributed by atoms with Gasteiger partial charge in [-0.15, -0.1) is 0 Å². The van der Waals surface area contributed by atoms with Gasteiger partial charge < -0.3 is 24.7 Å². The Balaban J connectivity index is 1.83. The molecule has 2 aromatic carbocycles. The minimum absolute atomic E-state index is 0.0487. The molecule has 0 spiro atoms. The van der Waals surface area contributed by atoms with Crippen LogP contribution in [-0.2, 0) is 4.79 Å². The maximum absolute atomic E-state index is 12.6. The summed E-state index contributed by atoms with van der Waals surface area (Å²) in [5, 5.41) is 0. The van der Waals surface area contributed by atoms with Crippen molar-refractivity contribution < 1.29 is 23.7 Å². The molecule has 1 atom stereocenters. The molecule has 4 rings (SSSR count). The fourth-order valence-corrected chi connectivity index (χ4v) is 3.89. The summed E-state index contributed by atoms with van der Waals surface area (Å²) in [5.41, 5.74) is 8.95. The van der Waals surface area contributed by atoms with Crippen LogP contribution in [0.25, 0.3) is 5.57 Å². The normalized spacial score (nSPS) is 17.0. The molecule has 1 amide bonds. The standard InChI is InChI=1S/C24H27NO5/c1-4-5-6-17-18-12-16(29-14(2)3)8-10-19(18)30-23(22(17)24(25)26)15-7-9-20-21(11-15)28-13-27-20/h7-12,14,23H,4-6,13H2,1-3H3,(H2,25,26). The molecule has 0 aromatic heterocycles. The fourth-order valence-electron chi connectivity index (χ4n) is 3.89. The molecule has 0 radical (unpaired) electrons. The van der Waals surface area contributed by atoms with E-state index in [-0.39, 0.29) is 12.9 Å². The van der Waals surface area contributed by atoms with Crippen LogP contribution in [0.4, 0.5) is 0 Å². The number of unbranched alkanes of at least 4 members (excludes halogenated alkanes) is 1. The zero-order valence-corrected chi connectivity index (χ0v) is 17.6. The van der Waals surface area contributed by atoms with Gasteiger partial charge in [-0.05, 0) is 62.6 Å². The predicted molar refractivity (Wildman–Crippen MR) is 114 cm³/mol. The highest BCUT2D eigenvalue weighted by atomic mass is 16.7. The molecular formula is C24H27NO5. The summed E-state index contributed by atoms with van der Waals surface area (Å²) >= 11 is 0. The van der Waals surface area contributed by atoms with E-state index >= 15 is 0 Å². The Hall–Kier alpha value is -3.15. The Kier molecular flexibility index (Phi) is 5.57. The Labute approximate surface area is 176 Å². The summed E-state index contributed by atoms with van der Waals surface area (Å²) in [6, 6.07) is 11.3. The molecule has 0 saturated carbocycles. The molecule has 2 heterocycles. The van der Waals surface area contributed by atoms with Crippen molar-refractivity contribution in [2.75, 3.05) is 6.79 Å². The highest BCUT2D eigenvalue weighted by Crippen LogP contribution is 2.46. The Morgan fingerprint density at radius 3 is 2.63 bits per heavy atom. The van der Waals surface area contributed by atoms with Crippen LogP contribution in [0.1, 0.15) is 57.3 Å². The molecule has 6 heteroatoms. The van der Waals surface area contributed by atoms with Crippen molar-refractivity contribution in [2.24, 2.45) is 5.73 Å². The number of allylic oxidation sites excluding steroid dienone is 1. The van der Waals surface area contributed by atoms with E-state index in [0.717, 1.165) is 41.7 Å². The van der Waals surface area contributed by atoms with Crippen LogP contribution in [0.3, 0.4) is 0 Å². The summed E-state index contributed by atoms with van der Waals surface area (Å²) in [4.78, 5) is 12.6. The minimum atomic E-state index is -0.603. The second-order valence-electron chi connectivity index (χ2n) is 7.80. The summed E-state index contributed by atoms with van der Waals surface area (Å²) in [5.74, 6) is 2.30. The number of primary amides is 1. The molecule has 0 aliphatic carbocycles. The van der Waals surface area contributed by atoms with Gasteiger partial charge in [0.05, 0.1) is 11.7 Å². The smallest absolute Gasteiger partial charge is 0.249 e. The SMILES string of the molecule is CCCCC1=C(C(N)=O)C(c2ccc3c(c2)OCO3)Oc2ccc(OC(C)C)cc21. The molecule has 2 aliphatic rings. The minimum Gasteiger partial charge on any atom is -0.491 e. The first kappa shape index (κ1) is 20.1. The first-order chi connectivity index (χ1) is 14.5. The van der Waals surface area contributed by atoms with E-state index in [1.807, 2.05) is 50.2 Å². The number of rotatable bonds is 7. The van der Waals surface area contributed by atoms with Gasteiger partial charge in [-0.25, -0.2) is 0 Å². The predicted octanol–water partition coefficient (Wildman–Crippen LogP) is 4.77. The number of hydrogen-bond acceptors (Lipinski definition) is 5. The molecule has 6 nitrogen and oxygen atoms in total. The van der Waals surface area contributed by atoms with Crippen LogP contribution < -0.4 is 24.7 Å².